The molecule has 1 fully saturated rings. The Balaban J connectivity index is 1.44. The molecule has 4 rings (SSSR count). The second-order valence-corrected chi connectivity index (χ2v) is 7.52. The number of amides is 1. The molecule has 0 radical (unpaired) electrons. The normalized spacial score (nSPS) is 15.3. The first-order chi connectivity index (χ1) is 13.0. The average molecular weight is 382 g/mol. The monoisotopic (exact) mass is 381 g/mol. The molecule has 4 nitrogen and oxygen atoms in total. The van der Waals surface area contributed by atoms with Crippen LogP contribution in [0.15, 0.2) is 53.1 Å². The van der Waals surface area contributed by atoms with Crippen molar-refractivity contribution in [3.05, 3.63) is 70.4 Å². The van der Waals surface area contributed by atoms with Crippen LogP contribution in [0.1, 0.15) is 39.1 Å². The van der Waals surface area contributed by atoms with Gasteiger partial charge in [0.25, 0.3) is 5.91 Å². The number of carbonyl (C=O) groups excluding carboxylic acids is 2. The molecule has 0 bridgehead atoms. The third-order valence-corrected chi connectivity index (χ3v) is 5.50. The lowest BCUT2D eigenvalue weighted by atomic mass is 9.88. The summed E-state index contributed by atoms with van der Waals surface area (Å²) in [4.78, 5) is 27.4. The van der Waals surface area contributed by atoms with Crippen LogP contribution in [0, 0.1) is 12.8 Å². The number of hydrogen-bond donors (Lipinski definition) is 0. The van der Waals surface area contributed by atoms with E-state index in [1.807, 2.05) is 30.0 Å². The molecule has 1 aromatic heterocycles. The van der Waals surface area contributed by atoms with Gasteiger partial charge in [0.05, 0.1) is 5.56 Å². The molecule has 2 heterocycles. The molecule has 3 aromatic rings. The number of fused-ring (bicyclic) bond motifs is 1. The minimum Gasteiger partial charge on any atom is -0.463 e. The lowest BCUT2D eigenvalue weighted by molar-refractivity contribution is 0.0651. The highest BCUT2D eigenvalue weighted by Crippen LogP contribution is 2.27. The predicted octanol–water partition coefficient (Wildman–Crippen LogP) is 5.13. The van der Waals surface area contributed by atoms with Gasteiger partial charge in [-0.2, -0.15) is 0 Å². The van der Waals surface area contributed by atoms with E-state index in [4.69, 9.17) is 16.0 Å². The van der Waals surface area contributed by atoms with E-state index in [0.29, 0.717) is 42.1 Å². The minimum absolute atomic E-state index is 0.0324. The van der Waals surface area contributed by atoms with Crippen molar-refractivity contribution in [2.45, 2.75) is 19.8 Å². The molecule has 0 saturated carbocycles. The maximum Gasteiger partial charge on any atom is 0.257 e. The van der Waals surface area contributed by atoms with E-state index in [9.17, 15) is 9.59 Å². The number of Topliss-reactive ketones (excluding diaryl/α,β-unsaturated/α-hetero) is 1. The van der Waals surface area contributed by atoms with Gasteiger partial charge in [-0.05, 0) is 55.7 Å². The fraction of sp³-hybridized carbons (Fsp3) is 0.273. The third kappa shape index (κ3) is 3.50. The highest BCUT2D eigenvalue weighted by atomic mass is 35.5. The largest absolute Gasteiger partial charge is 0.463 e. The van der Waals surface area contributed by atoms with E-state index >= 15 is 0 Å². The summed E-state index contributed by atoms with van der Waals surface area (Å²) < 4.78 is 5.56. The molecule has 27 heavy (non-hydrogen) atoms. The fourth-order valence-electron chi connectivity index (χ4n) is 3.67. The van der Waals surface area contributed by atoms with Crippen molar-refractivity contribution in [3.63, 3.8) is 0 Å². The van der Waals surface area contributed by atoms with E-state index in [0.717, 1.165) is 16.5 Å². The maximum atomic E-state index is 12.9. The van der Waals surface area contributed by atoms with Gasteiger partial charge in [0.1, 0.15) is 11.8 Å². The number of halogens is 1. The van der Waals surface area contributed by atoms with Gasteiger partial charge in [0.15, 0.2) is 5.78 Å². The molecule has 0 unspecified atom stereocenters. The molecular formula is C22H20ClNO3. The van der Waals surface area contributed by atoms with Crippen LogP contribution in [0.2, 0.25) is 5.02 Å². The summed E-state index contributed by atoms with van der Waals surface area (Å²) in [6.07, 6.45) is 2.88. The summed E-state index contributed by atoms with van der Waals surface area (Å²) in [7, 11) is 0. The Morgan fingerprint density at radius 1 is 1.07 bits per heavy atom. The van der Waals surface area contributed by atoms with Crippen LogP contribution in [0.5, 0.6) is 0 Å². The molecule has 0 spiro atoms. The van der Waals surface area contributed by atoms with Crippen molar-refractivity contribution in [3.8, 4) is 0 Å². The minimum atomic E-state index is -0.0565. The molecule has 5 heteroatoms. The van der Waals surface area contributed by atoms with Gasteiger partial charge in [-0.3, -0.25) is 9.59 Å². The average Bonchev–Trinajstić information content (AvgIpc) is 3.10. The second-order valence-electron chi connectivity index (χ2n) is 7.09. The van der Waals surface area contributed by atoms with Gasteiger partial charge in [-0.1, -0.05) is 23.7 Å². The van der Waals surface area contributed by atoms with Crippen molar-refractivity contribution < 1.29 is 14.0 Å². The highest BCUT2D eigenvalue weighted by molar-refractivity contribution is 6.30. The van der Waals surface area contributed by atoms with Crippen molar-refractivity contribution in [2.24, 2.45) is 5.92 Å². The van der Waals surface area contributed by atoms with Crippen molar-refractivity contribution in [1.29, 1.82) is 0 Å². The van der Waals surface area contributed by atoms with E-state index in [1.165, 1.54) is 6.26 Å². The number of piperidine rings is 1. The Labute approximate surface area is 162 Å². The zero-order chi connectivity index (χ0) is 19.0. The van der Waals surface area contributed by atoms with Gasteiger partial charge >= 0.3 is 0 Å². The molecule has 1 saturated heterocycles. The number of ketones is 1. The summed E-state index contributed by atoms with van der Waals surface area (Å²) in [6.45, 7) is 3.13. The van der Waals surface area contributed by atoms with Gasteiger partial charge < -0.3 is 9.32 Å². The molecule has 1 aliphatic heterocycles. The summed E-state index contributed by atoms with van der Waals surface area (Å²) in [5, 5.41) is 1.46. The molecule has 1 aliphatic rings. The topological polar surface area (TPSA) is 50.5 Å². The molecule has 0 N–H and O–H groups in total. The number of nitrogens with zero attached hydrogens (tertiary/aromatic N) is 1. The Morgan fingerprint density at radius 3 is 2.48 bits per heavy atom. The zero-order valence-electron chi connectivity index (χ0n) is 15.1. The first-order valence-corrected chi connectivity index (χ1v) is 9.47. The van der Waals surface area contributed by atoms with Crippen LogP contribution in [0.4, 0.5) is 0 Å². The number of benzene rings is 2. The Kier molecular flexibility index (Phi) is 4.75. The Morgan fingerprint density at radius 2 is 1.78 bits per heavy atom. The first kappa shape index (κ1) is 17.8. The van der Waals surface area contributed by atoms with Crippen LogP contribution in [0.3, 0.4) is 0 Å². The molecule has 0 atom stereocenters. The molecule has 0 aliphatic carbocycles. The zero-order valence-corrected chi connectivity index (χ0v) is 15.8. The van der Waals surface area contributed by atoms with Crippen LogP contribution >= 0.6 is 11.6 Å². The smallest absolute Gasteiger partial charge is 0.257 e. The van der Waals surface area contributed by atoms with Crippen LogP contribution in [-0.4, -0.2) is 29.7 Å². The number of carbonyl (C=O) groups is 2. The Bertz CT molecular complexity index is 998. The fourth-order valence-corrected chi connectivity index (χ4v) is 3.79. The summed E-state index contributed by atoms with van der Waals surface area (Å²) in [6, 6.07) is 12.8. The lowest BCUT2D eigenvalue weighted by Crippen LogP contribution is -2.40. The number of furan rings is 1. The summed E-state index contributed by atoms with van der Waals surface area (Å²) in [5.41, 5.74) is 3.09. The van der Waals surface area contributed by atoms with Crippen molar-refractivity contribution in [1.82, 2.24) is 4.90 Å². The van der Waals surface area contributed by atoms with Gasteiger partial charge in [0.2, 0.25) is 0 Å². The van der Waals surface area contributed by atoms with Crippen molar-refractivity contribution in [2.75, 3.05) is 13.1 Å². The summed E-state index contributed by atoms with van der Waals surface area (Å²) >= 11 is 5.89. The molecular weight excluding hydrogens is 362 g/mol. The first-order valence-electron chi connectivity index (χ1n) is 9.10. The second kappa shape index (κ2) is 7.20. The van der Waals surface area contributed by atoms with E-state index < -0.39 is 0 Å². The number of aryl methyl sites for hydroxylation is 1. The van der Waals surface area contributed by atoms with Crippen LogP contribution in [0.25, 0.3) is 11.0 Å². The quantitative estimate of drug-likeness (QED) is 0.591. The number of rotatable bonds is 3. The number of hydrogen-bond acceptors (Lipinski definition) is 3. The highest BCUT2D eigenvalue weighted by Gasteiger charge is 2.29. The number of likely N-dealkylation sites (tertiary alicyclic amines) is 1. The maximum absolute atomic E-state index is 12.9. The van der Waals surface area contributed by atoms with Gasteiger partial charge in [-0.15, -0.1) is 0 Å². The van der Waals surface area contributed by atoms with Gasteiger partial charge in [0, 0.05) is 35.0 Å². The Hall–Kier alpha value is -2.59. The van der Waals surface area contributed by atoms with Gasteiger partial charge in [-0.25, -0.2) is 0 Å². The molecule has 138 valence electrons. The molecule has 2 aromatic carbocycles. The predicted molar refractivity (Wildman–Crippen MR) is 105 cm³/mol. The lowest BCUT2D eigenvalue weighted by Gasteiger charge is -2.31. The van der Waals surface area contributed by atoms with E-state index in [1.54, 1.807) is 24.3 Å². The SMILES string of the molecule is Cc1ccc2c(C(=O)N3CCC(C(=O)c4ccc(Cl)cc4)CC3)coc2c1. The van der Waals surface area contributed by atoms with Crippen molar-refractivity contribution >= 4 is 34.3 Å². The van der Waals surface area contributed by atoms with E-state index in [-0.39, 0.29) is 17.6 Å². The van der Waals surface area contributed by atoms with Crippen LogP contribution in [-0.2, 0) is 0 Å². The molecule has 1 amide bonds. The third-order valence-electron chi connectivity index (χ3n) is 5.24. The van der Waals surface area contributed by atoms with E-state index in [2.05, 4.69) is 0 Å². The standard InChI is InChI=1S/C22H20ClNO3/c1-14-2-7-18-19(13-27-20(18)12-14)22(26)24-10-8-16(9-11-24)21(25)15-3-5-17(23)6-4-15/h2-7,12-13,16H,8-11H2,1H3. The van der Waals surface area contributed by atoms with Crippen LogP contribution < -0.4 is 0 Å². The summed E-state index contributed by atoms with van der Waals surface area (Å²) in [5.74, 6) is 0.0389.